The molecule has 4 heterocycles. The second-order valence-electron chi connectivity index (χ2n) is 12.6. The van der Waals surface area contributed by atoms with E-state index in [-0.39, 0.29) is 24.0 Å². The number of ether oxygens (including phenoxy) is 2. The number of hydrogen-bond acceptors (Lipinski definition) is 10. The third kappa shape index (κ3) is 5.90. The average Bonchev–Trinajstić information content (AvgIpc) is 3.35. The summed E-state index contributed by atoms with van der Waals surface area (Å²) in [7, 11) is 5.12. The van der Waals surface area contributed by atoms with Crippen molar-refractivity contribution in [1.82, 2.24) is 25.1 Å². The number of rotatable bonds is 8. The Labute approximate surface area is 281 Å². The number of benzene rings is 3. The van der Waals surface area contributed by atoms with E-state index in [2.05, 4.69) is 32.1 Å². The normalized spacial score (nSPS) is 18.3. The fourth-order valence-corrected chi connectivity index (χ4v) is 7.06. The summed E-state index contributed by atoms with van der Waals surface area (Å²) in [6.45, 7) is 2.31. The molecule has 3 aromatic carbocycles. The van der Waals surface area contributed by atoms with Crippen LogP contribution >= 0.6 is 0 Å². The number of aromatic nitrogens is 2. The summed E-state index contributed by atoms with van der Waals surface area (Å²) in [5.74, 6) is -0.607. The van der Waals surface area contributed by atoms with Crippen LogP contribution in [0.5, 0.6) is 11.5 Å². The minimum Gasteiger partial charge on any atom is -0.497 e. The van der Waals surface area contributed by atoms with Crippen molar-refractivity contribution >= 4 is 40.2 Å². The highest BCUT2D eigenvalue weighted by Crippen LogP contribution is 2.31. The largest absolute Gasteiger partial charge is 0.497 e. The van der Waals surface area contributed by atoms with Gasteiger partial charge in [0.15, 0.2) is 0 Å². The van der Waals surface area contributed by atoms with E-state index in [1.54, 1.807) is 31.4 Å². The Morgan fingerprint density at radius 3 is 2.31 bits per heavy atom. The lowest BCUT2D eigenvalue weighted by Gasteiger charge is -2.38. The highest BCUT2D eigenvalue weighted by molar-refractivity contribution is 6.23. The molecule has 4 amide bonds. The maximum Gasteiger partial charge on any atom is 0.262 e. The van der Waals surface area contributed by atoms with E-state index in [1.807, 2.05) is 30.3 Å². The number of carbonyl (C=O) groups excluding carboxylic acids is 4. The van der Waals surface area contributed by atoms with Gasteiger partial charge in [0.2, 0.25) is 11.8 Å². The minimum absolute atomic E-state index is 0.0848. The molecule has 0 saturated carbocycles. The van der Waals surface area contributed by atoms with Crippen LogP contribution in [0, 0.1) is 0 Å². The lowest BCUT2D eigenvalue weighted by Crippen LogP contribution is -2.54. The Balaban J connectivity index is 0.981. The van der Waals surface area contributed by atoms with Gasteiger partial charge in [0.1, 0.15) is 28.8 Å². The molecule has 0 radical (unpaired) electrons. The van der Waals surface area contributed by atoms with Crippen LogP contribution in [-0.4, -0.2) is 89.8 Å². The summed E-state index contributed by atoms with van der Waals surface area (Å²) in [6.07, 6.45) is 2.09. The van der Waals surface area contributed by atoms with Gasteiger partial charge in [0.25, 0.3) is 17.4 Å². The van der Waals surface area contributed by atoms with Crippen molar-refractivity contribution in [2.75, 3.05) is 39.3 Å². The third-order valence-electron chi connectivity index (χ3n) is 9.73. The second-order valence-corrected chi connectivity index (χ2v) is 12.6. The molecule has 0 bridgehead atoms. The predicted octanol–water partition coefficient (Wildman–Crippen LogP) is 3.11. The molecule has 3 aliphatic rings. The van der Waals surface area contributed by atoms with Crippen molar-refractivity contribution in [1.29, 1.82) is 0 Å². The molecule has 7 rings (SSSR count). The van der Waals surface area contributed by atoms with Gasteiger partial charge >= 0.3 is 0 Å². The molecule has 13 nitrogen and oxygen atoms in total. The number of anilines is 1. The maximum absolute atomic E-state index is 13.3. The van der Waals surface area contributed by atoms with Crippen LogP contribution in [0.4, 0.5) is 5.69 Å². The zero-order valence-corrected chi connectivity index (χ0v) is 27.4. The predicted molar refractivity (Wildman–Crippen MR) is 181 cm³/mol. The summed E-state index contributed by atoms with van der Waals surface area (Å²) in [5, 5.41) is 2.60. The van der Waals surface area contributed by atoms with E-state index in [0.717, 1.165) is 47.6 Å². The van der Waals surface area contributed by atoms with Gasteiger partial charge in [-0.2, -0.15) is 0 Å². The highest BCUT2D eigenvalue weighted by Gasteiger charge is 2.44. The molecule has 49 heavy (non-hydrogen) atoms. The first-order chi connectivity index (χ1) is 23.6. The average molecular weight is 665 g/mol. The van der Waals surface area contributed by atoms with Crippen molar-refractivity contribution in [3.8, 4) is 22.9 Å². The number of methoxy groups -OCH3 is 2. The van der Waals surface area contributed by atoms with Gasteiger partial charge < -0.3 is 19.4 Å². The van der Waals surface area contributed by atoms with Crippen molar-refractivity contribution in [2.24, 2.45) is 0 Å². The van der Waals surface area contributed by atoms with Gasteiger partial charge in [-0.05, 0) is 68.3 Å². The Hall–Kier alpha value is -5.56. The molecular weight excluding hydrogens is 628 g/mol. The molecule has 3 aliphatic heterocycles. The molecule has 13 heteroatoms. The zero-order valence-electron chi connectivity index (χ0n) is 27.4. The first kappa shape index (κ1) is 32.0. The highest BCUT2D eigenvalue weighted by atomic mass is 16.5. The number of imide groups is 2. The van der Waals surface area contributed by atoms with Gasteiger partial charge in [0, 0.05) is 55.5 Å². The van der Waals surface area contributed by atoms with Crippen molar-refractivity contribution < 1.29 is 28.7 Å². The third-order valence-corrected chi connectivity index (χ3v) is 9.73. The summed E-state index contributed by atoms with van der Waals surface area (Å²) < 4.78 is 10.7. The number of H-pyrrole nitrogens is 1. The van der Waals surface area contributed by atoms with Gasteiger partial charge in [0.05, 0.1) is 30.9 Å². The number of hydrogen-bond donors (Lipinski definition) is 2. The maximum atomic E-state index is 13.3. The standard InChI is InChI=1S/C36H36N6O7/c1-40(19-20-4-9-25-26(16-20)36(47)42(35(25)46)28-10-11-30(43)38-33(28)44)22-12-14-41(15-13-22)23-7-5-21(6-8-23)32-37-27-17-24(48-2)18-29(49-3)31(27)34(45)39-32/h4-9,16-18,22,28H,10-15,19H2,1-3H3,(H,37,39,45)(H,38,43,44). The molecular formula is C36H36N6O7. The van der Waals surface area contributed by atoms with E-state index >= 15 is 0 Å². The molecule has 2 N–H and O–H groups in total. The van der Waals surface area contributed by atoms with Crippen LogP contribution in [0.3, 0.4) is 0 Å². The van der Waals surface area contributed by atoms with E-state index in [4.69, 9.17) is 9.47 Å². The minimum atomic E-state index is -0.980. The number of fused-ring (bicyclic) bond motifs is 2. The molecule has 2 saturated heterocycles. The molecule has 1 aromatic heterocycles. The van der Waals surface area contributed by atoms with Crippen LogP contribution in [0.25, 0.3) is 22.3 Å². The summed E-state index contributed by atoms with van der Waals surface area (Å²) in [5.41, 5.74) is 3.55. The van der Waals surface area contributed by atoms with Gasteiger partial charge in [-0.1, -0.05) is 6.07 Å². The van der Waals surface area contributed by atoms with Crippen molar-refractivity contribution in [2.45, 2.75) is 44.3 Å². The SMILES string of the molecule is COc1cc(OC)c2c(=O)[nH]c(-c3ccc(N4CCC(N(C)Cc5ccc6c(c5)C(=O)N(C5CCC(=O)NC5=O)C6=O)CC4)cc3)nc2c1. The Morgan fingerprint density at radius 2 is 1.61 bits per heavy atom. The lowest BCUT2D eigenvalue weighted by atomic mass is 10.0. The first-order valence-corrected chi connectivity index (χ1v) is 16.2. The Kier molecular flexibility index (Phi) is 8.37. The molecule has 0 aliphatic carbocycles. The number of piperidine rings is 2. The van der Waals surface area contributed by atoms with E-state index in [1.165, 1.54) is 7.11 Å². The fraction of sp³-hybridized carbons (Fsp3) is 0.333. The molecule has 1 unspecified atom stereocenters. The van der Waals surface area contributed by atoms with Crippen LogP contribution < -0.4 is 25.2 Å². The van der Waals surface area contributed by atoms with E-state index in [9.17, 15) is 24.0 Å². The number of nitrogens with zero attached hydrogens (tertiary/aromatic N) is 4. The Morgan fingerprint density at radius 1 is 0.878 bits per heavy atom. The molecule has 0 spiro atoms. The van der Waals surface area contributed by atoms with E-state index < -0.39 is 29.7 Å². The number of nitrogens with one attached hydrogen (secondary N) is 2. The number of aromatic amines is 1. The molecule has 252 valence electrons. The Bertz CT molecular complexity index is 2050. The monoisotopic (exact) mass is 664 g/mol. The second kappa shape index (κ2) is 12.8. The molecule has 4 aromatic rings. The van der Waals surface area contributed by atoms with E-state index in [0.29, 0.717) is 46.4 Å². The summed E-state index contributed by atoms with van der Waals surface area (Å²) in [6, 6.07) is 16.0. The zero-order chi connectivity index (χ0) is 34.4. The van der Waals surface area contributed by atoms with Crippen LogP contribution in [0.2, 0.25) is 0 Å². The molecule has 2 fully saturated rings. The van der Waals surface area contributed by atoms with Crippen LogP contribution in [0.1, 0.15) is 52.0 Å². The van der Waals surface area contributed by atoms with Crippen molar-refractivity contribution in [3.05, 3.63) is 81.6 Å². The van der Waals surface area contributed by atoms with Crippen molar-refractivity contribution in [3.63, 3.8) is 0 Å². The smallest absolute Gasteiger partial charge is 0.262 e. The van der Waals surface area contributed by atoms with Crippen LogP contribution in [0.15, 0.2) is 59.4 Å². The van der Waals surface area contributed by atoms with Crippen LogP contribution in [-0.2, 0) is 16.1 Å². The summed E-state index contributed by atoms with van der Waals surface area (Å²) >= 11 is 0. The lowest BCUT2D eigenvalue weighted by molar-refractivity contribution is -0.136. The quantitative estimate of drug-likeness (QED) is 0.269. The van der Waals surface area contributed by atoms with Gasteiger partial charge in [-0.15, -0.1) is 0 Å². The topological polar surface area (TPSA) is 154 Å². The van der Waals surface area contributed by atoms with Gasteiger partial charge in [-0.3, -0.25) is 39.1 Å². The first-order valence-electron chi connectivity index (χ1n) is 16.2. The summed E-state index contributed by atoms with van der Waals surface area (Å²) in [4.78, 5) is 76.4. The molecule has 1 atom stereocenters. The number of carbonyl (C=O) groups is 4. The van der Waals surface area contributed by atoms with Gasteiger partial charge in [-0.25, -0.2) is 4.98 Å². The fourth-order valence-electron chi connectivity index (χ4n) is 7.06. The number of amides is 4.